The second-order valence-electron chi connectivity index (χ2n) is 9.07. The fourth-order valence-corrected chi connectivity index (χ4v) is 4.73. The Labute approximate surface area is 215 Å². The van der Waals surface area contributed by atoms with Gasteiger partial charge in [-0.3, -0.25) is 14.5 Å². The van der Waals surface area contributed by atoms with E-state index in [1.807, 2.05) is 43.3 Å². The van der Waals surface area contributed by atoms with Crippen LogP contribution in [0.25, 0.3) is 11.0 Å². The third kappa shape index (κ3) is 4.31. The number of unbranched alkanes of at least 4 members (excludes halogenated alkanes) is 1. The number of carbonyl (C=O) groups excluding carboxylic acids is 1. The number of ether oxygens (including phenoxy) is 3. The summed E-state index contributed by atoms with van der Waals surface area (Å²) in [7, 11) is 3.14. The number of amides is 1. The highest BCUT2D eigenvalue weighted by atomic mass is 16.5. The molecular weight excluding hydrogens is 470 g/mol. The van der Waals surface area contributed by atoms with Crippen molar-refractivity contribution in [3.63, 3.8) is 0 Å². The summed E-state index contributed by atoms with van der Waals surface area (Å²) in [4.78, 5) is 29.3. The van der Waals surface area contributed by atoms with E-state index >= 15 is 0 Å². The van der Waals surface area contributed by atoms with Crippen LogP contribution in [0.5, 0.6) is 17.2 Å². The number of hydrogen-bond donors (Lipinski definition) is 0. The van der Waals surface area contributed by atoms with Gasteiger partial charge < -0.3 is 18.6 Å². The lowest BCUT2D eigenvalue weighted by atomic mass is 9.97. The molecule has 0 saturated heterocycles. The molecule has 1 atom stereocenters. The molecule has 7 nitrogen and oxygen atoms in total. The minimum atomic E-state index is -0.727. The first-order chi connectivity index (χ1) is 18.0. The maximum atomic E-state index is 13.9. The van der Waals surface area contributed by atoms with Crippen LogP contribution in [0.4, 0.5) is 5.69 Å². The lowest BCUT2D eigenvalue weighted by Gasteiger charge is -2.26. The molecule has 1 aliphatic rings. The molecule has 0 spiro atoms. The van der Waals surface area contributed by atoms with E-state index in [1.54, 1.807) is 43.4 Å². The fraction of sp³-hybridized carbons (Fsp3) is 0.267. The highest BCUT2D eigenvalue weighted by Gasteiger charge is 2.44. The van der Waals surface area contributed by atoms with Gasteiger partial charge in [-0.1, -0.05) is 37.1 Å². The molecule has 4 aromatic rings. The molecule has 2 heterocycles. The Hall–Kier alpha value is -4.26. The first kappa shape index (κ1) is 24.4. The standard InChI is InChI=1S/C30H29NO6/c1-5-6-14-36-24-13-11-19(16-25(24)35-4)27-26-28(32)22-15-18(2)10-12-23(22)37-29(26)30(33)31(27)20-8-7-9-21(17-20)34-3/h7-13,15-17,27H,5-6,14H2,1-4H3. The minimum Gasteiger partial charge on any atom is -0.497 e. The Morgan fingerprint density at radius 2 is 1.78 bits per heavy atom. The van der Waals surface area contributed by atoms with Crippen LogP contribution in [-0.2, 0) is 0 Å². The average Bonchev–Trinajstić information content (AvgIpc) is 3.21. The summed E-state index contributed by atoms with van der Waals surface area (Å²) in [6, 6.07) is 17.4. The number of anilines is 1. The number of benzene rings is 3. The van der Waals surface area contributed by atoms with E-state index in [0.29, 0.717) is 51.6 Å². The van der Waals surface area contributed by atoms with E-state index in [-0.39, 0.29) is 11.2 Å². The monoisotopic (exact) mass is 499 g/mol. The topological polar surface area (TPSA) is 78.2 Å². The molecule has 1 unspecified atom stereocenters. The van der Waals surface area contributed by atoms with Gasteiger partial charge in [0.15, 0.2) is 16.9 Å². The Kier molecular flexibility index (Phi) is 6.61. The van der Waals surface area contributed by atoms with Crippen molar-refractivity contribution in [2.24, 2.45) is 0 Å². The zero-order valence-electron chi connectivity index (χ0n) is 21.4. The Morgan fingerprint density at radius 3 is 2.54 bits per heavy atom. The average molecular weight is 500 g/mol. The molecule has 7 heteroatoms. The number of aryl methyl sites for hydroxylation is 1. The Bertz CT molecular complexity index is 1540. The van der Waals surface area contributed by atoms with Crippen molar-refractivity contribution in [2.75, 3.05) is 25.7 Å². The minimum absolute atomic E-state index is 0.0383. The van der Waals surface area contributed by atoms with Crippen molar-refractivity contribution < 1.29 is 23.4 Å². The fourth-order valence-electron chi connectivity index (χ4n) is 4.73. The van der Waals surface area contributed by atoms with Gasteiger partial charge in [0.25, 0.3) is 5.91 Å². The zero-order valence-corrected chi connectivity index (χ0v) is 21.4. The predicted octanol–water partition coefficient (Wildman–Crippen LogP) is 6.05. The molecule has 1 aromatic heterocycles. The quantitative estimate of drug-likeness (QED) is 0.275. The lowest BCUT2D eigenvalue weighted by molar-refractivity contribution is 0.0971. The molecule has 0 aliphatic carbocycles. The zero-order chi connectivity index (χ0) is 26.1. The highest BCUT2D eigenvalue weighted by molar-refractivity contribution is 6.10. The van der Waals surface area contributed by atoms with E-state index in [0.717, 1.165) is 18.4 Å². The van der Waals surface area contributed by atoms with Gasteiger partial charge in [-0.05, 0) is 55.3 Å². The summed E-state index contributed by atoms with van der Waals surface area (Å²) in [6.45, 7) is 4.59. The normalized spacial score (nSPS) is 14.6. The largest absolute Gasteiger partial charge is 0.497 e. The van der Waals surface area contributed by atoms with Gasteiger partial charge in [-0.15, -0.1) is 0 Å². The number of methoxy groups -OCH3 is 2. The van der Waals surface area contributed by atoms with Crippen molar-refractivity contribution in [1.82, 2.24) is 0 Å². The second kappa shape index (κ2) is 10.0. The van der Waals surface area contributed by atoms with Crippen molar-refractivity contribution >= 4 is 22.6 Å². The molecular formula is C30H29NO6. The van der Waals surface area contributed by atoms with E-state index in [9.17, 15) is 9.59 Å². The lowest BCUT2D eigenvalue weighted by Crippen LogP contribution is -2.29. The highest BCUT2D eigenvalue weighted by Crippen LogP contribution is 2.44. The van der Waals surface area contributed by atoms with Crippen LogP contribution < -0.4 is 24.5 Å². The first-order valence-electron chi connectivity index (χ1n) is 12.3. The van der Waals surface area contributed by atoms with Gasteiger partial charge >= 0.3 is 0 Å². The van der Waals surface area contributed by atoms with Crippen LogP contribution in [-0.4, -0.2) is 26.7 Å². The number of fused-ring (bicyclic) bond motifs is 2. The molecule has 1 aliphatic heterocycles. The molecule has 1 amide bonds. The van der Waals surface area contributed by atoms with Gasteiger partial charge in [0, 0.05) is 11.8 Å². The summed E-state index contributed by atoms with van der Waals surface area (Å²) in [6.07, 6.45) is 1.94. The molecule has 0 bridgehead atoms. The van der Waals surface area contributed by atoms with E-state index < -0.39 is 11.9 Å². The number of nitrogens with zero attached hydrogens (tertiary/aromatic N) is 1. The molecule has 0 N–H and O–H groups in total. The van der Waals surface area contributed by atoms with Crippen molar-refractivity contribution in [1.29, 1.82) is 0 Å². The van der Waals surface area contributed by atoms with Crippen LogP contribution >= 0.6 is 0 Å². The number of carbonyl (C=O) groups is 1. The SMILES string of the molecule is CCCCOc1ccc(C2c3c(oc4ccc(C)cc4c3=O)C(=O)N2c2cccc(OC)c2)cc1OC. The van der Waals surface area contributed by atoms with Crippen LogP contribution in [0, 0.1) is 6.92 Å². The molecule has 3 aromatic carbocycles. The molecule has 0 saturated carbocycles. The molecule has 190 valence electrons. The summed E-state index contributed by atoms with van der Waals surface area (Å²) < 4.78 is 23.0. The molecule has 0 radical (unpaired) electrons. The summed E-state index contributed by atoms with van der Waals surface area (Å²) >= 11 is 0. The van der Waals surface area contributed by atoms with Gasteiger partial charge in [-0.2, -0.15) is 0 Å². The summed E-state index contributed by atoms with van der Waals surface area (Å²) in [5, 5.41) is 0.440. The van der Waals surface area contributed by atoms with E-state index in [1.165, 1.54) is 0 Å². The predicted molar refractivity (Wildman–Crippen MR) is 142 cm³/mol. The van der Waals surface area contributed by atoms with Crippen LogP contribution in [0.1, 0.15) is 53.1 Å². The van der Waals surface area contributed by atoms with Gasteiger partial charge in [0.05, 0.1) is 37.8 Å². The first-order valence-corrected chi connectivity index (χ1v) is 12.3. The van der Waals surface area contributed by atoms with Crippen molar-refractivity contribution in [3.05, 3.63) is 93.3 Å². The molecule has 0 fully saturated rings. The number of rotatable bonds is 8. The van der Waals surface area contributed by atoms with E-state index in [2.05, 4.69) is 6.92 Å². The van der Waals surface area contributed by atoms with Gasteiger partial charge in [0.1, 0.15) is 11.3 Å². The second-order valence-corrected chi connectivity index (χ2v) is 9.07. The summed E-state index contributed by atoms with van der Waals surface area (Å²) in [5.74, 6) is 1.38. The van der Waals surface area contributed by atoms with Crippen LogP contribution in [0.2, 0.25) is 0 Å². The van der Waals surface area contributed by atoms with Crippen LogP contribution in [0.15, 0.2) is 69.9 Å². The van der Waals surface area contributed by atoms with Crippen LogP contribution in [0.3, 0.4) is 0 Å². The van der Waals surface area contributed by atoms with Crippen molar-refractivity contribution in [3.8, 4) is 17.2 Å². The van der Waals surface area contributed by atoms with Gasteiger partial charge in [0.2, 0.25) is 5.76 Å². The Balaban J connectivity index is 1.72. The Morgan fingerprint density at radius 1 is 0.946 bits per heavy atom. The summed E-state index contributed by atoms with van der Waals surface area (Å²) in [5.41, 5.74) is 2.67. The third-order valence-electron chi connectivity index (χ3n) is 6.62. The number of hydrogen-bond acceptors (Lipinski definition) is 6. The maximum absolute atomic E-state index is 13.9. The molecule has 5 rings (SSSR count). The van der Waals surface area contributed by atoms with Crippen molar-refractivity contribution in [2.45, 2.75) is 32.7 Å². The smallest absolute Gasteiger partial charge is 0.295 e. The van der Waals surface area contributed by atoms with E-state index in [4.69, 9.17) is 18.6 Å². The van der Waals surface area contributed by atoms with Gasteiger partial charge in [-0.25, -0.2) is 0 Å². The maximum Gasteiger partial charge on any atom is 0.295 e. The molecule has 37 heavy (non-hydrogen) atoms. The third-order valence-corrected chi connectivity index (χ3v) is 6.62.